The van der Waals surface area contributed by atoms with Crippen molar-refractivity contribution in [3.8, 4) is 5.75 Å². The topological polar surface area (TPSA) is 51.7 Å². The number of aromatic nitrogens is 1. The van der Waals surface area contributed by atoms with Crippen molar-refractivity contribution in [3.63, 3.8) is 0 Å². The van der Waals surface area contributed by atoms with E-state index in [1.54, 1.807) is 37.4 Å². The van der Waals surface area contributed by atoms with Gasteiger partial charge in [0.2, 0.25) is 0 Å². The van der Waals surface area contributed by atoms with E-state index in [1.165, 1.54) is 0 Å². The molecule has 0 spiro atoms. The Balaban J connectivity index is 1.92. The highest BCUT2D eigenvalue weighted by Gasteiger charge is 2.12. The molecule has 1 aromatic carbocycles. The van der Waals surface area contributed by atoms with Crippen LogP contribution in [0.15, 0.2) is 48.7 Å². The second-order valence-corrected chi connectivity index (χ2v) is 5.17. The summed E-state index contributed by atoms with van der Waals surface area (Å²) < 4.78 is 10.5. The SMILES string of the molecule is COCCOc1cccc(C(=O)N(C)CCc2ccccn2)c1. The van der Waals surface area contributed by atoms with E-state index in [4.69, 9.17) is 9.47 Å². The van der Waals surface area contributed by atoms with E-state index in [1.807, 2.05) is 30.3 Å². The summed E-state index contributed by atoms with van der Waals surface area (Å²) in [7, 11) is 3.42. The van der Waals surface area contributed by atoms with E-state index in [0.29, 0.717) is 31.1 Å². The first-order chi connectivity index (χ1) is 11.2. The molecule has 0 atom stereocenters. The molecular formula is C18H22N2O3. The van der Waals surface area contributed by atoms with Gasteiger partial charge in [0.1, 0.15) is 12.4 Å². The molecule has 0 N–H and O–H groups in total. The summed E-state index contributed by atoms with van der Waals surface area (Å²) in [6.07, 6.45) is 2.49. The number of carbonyl (C=O) groups excluding carboxylic acids is 1. The van der Waals surface area contributed by atoms with Crippen LogP contribution in [0.2, 0.25) is 0 Å². The van der Waals surface area contributed by atoms with E-state index >= 15 is 0 Å². The second kappa shape index (κ2) is 8.90. The lowest BCUT2D eigenvalue weighted by atomic mass is 10.2. The van der Waals surface area contributed by atoms with Crippen LogP contribution >= 0.6 is 0 Å². The summed E-state index contributed by atoms with van der Waals surface area (Å²) >= 11 is 0. The Bertz CT molecular complexity index is 617. The van der Waals surface area contributed by atoms with Gasteiger partial charge < -0.3 is 14.4 Å². The van der Waals surface area contributed by atoms with Gasteiger partial charge in [-0.2, -0.15) is 0 Å². The van der Waals surface area contributed by atoms with Crippen LogP contribution in [0, 0.1) is 0 Å². The molecule has 0 bridgehead atoms. The van der Waals surface area contributed by atoms with Gasteiger partial charge in [0.25, 0.3) is 5.91 Å². The van der Waals surface area contributed by atoms with Crippen molar-refractivity contribution in [2.75, 3.05) is 33.9 Å². The van der Waals surface area contributed by atoms with Crippen molar-refractivity contribution in [2.45, 2.75) is 6.42 Å². The minimum atomic E-state index is -0.0295. The Hall–Kier alpha value is -2.40. The number of hydrogen-bond donors (Lipinski definition) is 0. The molecule has 5 heteroatoms. The number of ether oxygens (including phenoxy) is 2. The van der Waals surface area contributed by atoms with Crippen LogP contribution in [0.5, 0.6) is 5.75 Å². The largest absolute Gasteiger partial charge is 0.491 e. The van der Waals surface area contributed by atoms with Crippen molar-refractivity contribution in [1.82, 2.24) is 9.88 Å². The van der Waals surface area contributed by atoms with Crippen molar-refractivity contribution in [3.05, 3.63) is 59.9 Å². The Labute approximate surface area is 136 Å². The Kier molecular flexibility index (Phi) is 6.56. The molecule has 1 aromatic heterocycles. The molecule has 0 aliphatic carbocycles. The van der Waals surface area contributed by atoms with Crippen LogP contribution in [-0.2, 0) is 11.2 Å². The average Bonchev–Trinajstić information content (AvgIpc) is 2.60. The summed E-state index contributed by atoms with van der Waals surface area (Å²) in [5.41, 5.74) is 1.59. The number of amides is 1. The Morgan fingerprint density at radius 2 is 2.04 bits per heavy atom. The van der Waals surface area contributed by atoms with Gasteiger partial charge in [0.05, 0.1) is 6.61 Å². The average molecular weight is 314 g/mol. The number of hydrogen-bond acceptors (Lipinski definition) is 4. The summed E-state index contributed by atoms with van der Waals surface area (Å²) in [6, 6.07) is 13.0. The van der Waals surface area contributed by atoms with E-state index in [9.17, 15) is 4.79 Å². The van der Waals surface area contributed by atoms with Crippen LogP contribution in [0.25, 0.3) is 0 Å². The van der Waals surface area contributed by atoms with Gasteiger partial charge in [-0.05, 0) is 30.3 Å². The fraction of sp³-hybridized carbons (Fsp3) is 0.333. The van der Waals surface area contributed by atoms with Crippen LogP contribution in [0.1, 0.15) is 16.1 Å². The molecule has 1 amide bonds. The zero-order chi connectivity index (χ0) is 16.5. The molecule has 0 aliphatic rings. The first-order valence-corrected chi connectivity index (χ1v) is 7.58. The Morgan fingerprint density at radius 1 is 1.17 bits per heavy atom. The normalized spacial score (nSPS) is 10.3. The predicted molar refractivity (Wildman–Crippen MR) is 88.7 cm³/mol. The number of benzene rings is 1. The summed E-state index contributed by atoms with van der Waals surface area (Å²) in [5, 5.41) is 0. The van der Waals surface area contributed by atoms with Crippen LogP contribution in [-0.4, -0.2) is 49.7 Å². The first-order valence-electron chi connectivity index (χ1n) is 7.58. The third kappa shape index (κ3) is 5.38. The monoisotopic (exact) mass is 314 g/mol. The molecule has 0 unspecified atom stereocenters. The van der Waals surface area contributed by atoms with Crippen molar-refractivity contribution < 1.29 is 14.3 Å². The number of nitrogens with zero attached hydrogens (tertiary/aromatic N) is 2. The number of likely N-dealkylation sites (N-methyl/N-ethyl adjacent to an activating group) is 1. The van der Waals surface area contributed by atoms with Gasteiger partial charge in [0, 0.05) is 44.6 Å². The van der Waals surface area contributed by atoms with Gasteiger partial charge in [-0.1, -0.05) is 12.1 Å². The molecular weight excluding hydrogens is 292 g/mol. The molecule has 5 nitrogen and oxygen atoms in total. The molecule has 122 valence electrons. The lowest BCUT2D eigenvalue weighted by Gasteiger charge is -2.17. The minimum absolute atomic E-state index is 0.0295. The lowest BCUT2D eigenvalue weighted by molar-refractivity contribution is 0.0795. The van der Waals surface area contributed by atoms with Crippen molar-refractivity contribution in [1.29, 1.82) is 0 Å². The predicted octanol–water partition coefficient (Wildman–Crippen LogP) is 2.42. The fourth-order valence-electron chi connectivity index (χ4n) is 2.11. The molecule has 1 heterocycles. The zero-order valence-corrected chi connectivity index (χ0v) is 13.6. The molecule has 0 saturated carbocycles. The van der Waals surface area contributed by atoms with Gasteiger partial charge in [-0.3, -0.25) is 9.78 Å². The smallest absolute Gasteiger partial charge is 0.253 e. The van der Waals surface area contributed by atoms with Crippen molar-refractivity contribution in [2.24, 2.45) is 0 Å². The van der Waals surface area contributed by atoms with Crippen LogP contribution < -0.4 is 4.74 Å². The van der Waals surface area contributed by atoms with E-state index in [-0.39, 0.29) is 5.91 Å². The molecule has 2 rings (SSSR count). The maximum absolute atomic E-state index is 12.5. The number of rotatable bonds is 8. The second-order valence-electron chi connectivity index (χ2n) is 5.17. The minimum Gasteiger partial charge on any atom is -0.491 e. The maximum atomic E-state index is 12.5. The zero-order valence-electron chi connectivity index (χ0n) is 13.6. The third-order valence-electron chi connectivity index (χ3n) is 3.41. The number of methoxy groups -OCH3 is 1. The van der Waals surface area contributed by atoms with E-state index < -0.39 is 0 Å². The number of pyridine rings is 1. The van der Waals surface area contributed by atoms with Crippen LogP contribution in [0.3, 0.4) is 0 Å². The highest BCUT2D eigenvalue weighted by atomic mass is 16.5. The first kappa shape index (κ1) is 17.0. The highest BCUT2D eigenvalue weighted by molar-refractivity contribution is 5.94. The molecule has 0 saturated heterocycles. The van der Waals surface area contributed by atoms with E-state index in [2.05, 4.69) is 4.98 Å². The van der Waals surface area contributed by atoms with Gasteiger partial charge >= 0.3 is 0 Å². The Morgan fingerprint density at radius 3 is 2.78 bits per heavy atom. The van der Waals surface area contributed by atoms with Gasteiger partial charge in [0.15, 0.2) is 0 Å². The summed E-state index contributed by atoms with van der Waals surface area (Å²) in [5.74, 6) is 0.643. The highest BCUT2D eigenvalue weighted by Crippen LogP contribution is 2.15. The maximum Gasteiger partial charge on any atom is 0.253 e. The quantitative estimate of drug-likeness (QED) is 0.702. The fourth-order valence-corrected chi connectivity index (χ4v) is 2.11. The summed E-state index contributed by atoms with van der Waals surface area (Å²) in [4.78, 5) is 18.4. The third-order valence-corrected chi connectivity index (χ3v) is 3.41. The van der Waals surface area contributed by atoms with Gasteiger partial charge in [-0.15, -0.1) is 0 Å². The van der Waals surface area contributed by atoms with E-state index in [0.717, 1.165) is 12.1 Å². The van der Waals surface area contributed by atoms with Gasteiger partial charge in [-0.25, -0.2) is 0 Å². The lowest BCUT2D eigenvalue weighted by Crippen LogP contribution is -2.29. The van der Waals surface area contributed by atoms with Crippen molar-refractivity contribution >= 4 is 5.91 Å². The summed E-state index contributed by atoms with van der Waals surface area (Å²) in [6.45, 7) is 1.59. The molecule has 2 aromatic rings. The molecule has 0 fully saturated rings. The molecule has 0 aliphatic heterocycles. The van der Waals surface area contributed by atoms with Crippen LogP contribution in [0.4, 0.5) is 0 Å². The standard InChI is InChI=1S/C18H22N2O3/c1-20(11-9-16-7-3-4-10-19-16)18(21)15-6-5-8-17(14-15)23-13-12-22-2/h3-8,10,14H,9,11-13H2,1-2H3. The molecule has 0 radical (unpaired) electrons. The number of carbonyl (C=O) groups is 1. The molecule has 23 heavy (non-hydrogen) atoms.